The molecular formula is C40H49FN8O4S. The van der Waals surface area contributed by atoms with E-state index >= 15 is 4.39 Å². The Balaban J connectivity index is 1.17. The van der Waals surface area contributed by atoms with E-state index in [9.17, 15) is 19.2 Å². The largest absolute Gasteiger partial charge is 0.341 e. The Bertz CT molecular complexity index is 1890. The van der Waals surface area contributed by atoms with Gasteiger partial charge in [-0.15, -0.1) is 5.10 Å². The summed E-state index contributed by atoms with van der Waals surface area (Å²) in [6.45, 7) is 9.48. The molecule has 2 aromatic carbocycles. The number of hydrogen-bond donors (Lipinski definition) is 2. The Hall–Kier alpha value is -4.82. The number of aryl methyl sites for hydroxylation is 1. The average Bonchev–Trinajstić information content (AvgIpc) is 3.91. The number of halogens is 1. The third kappa shape index (κ3) is 9.45. The molecule has 6 rings (SSSR count). The maximum atomic E-state index is 16.0. The molecule has 1 saturated heterocycles. The van der Waals surface area contributed by atoms with Crippen LogP contribution < -0.4 is 10.6 Å². The highest BCUT2D eigenvalue weighted by Gasteiger charge is 2.36. The molecule has 0 radical (unpaired) electrons. The fourth-order valence-electron chi connectivity index (χ4n) is 7.60. The third-order valence-corrected chi connectivity index (χ3v) is 11.6. The molecule has 1 aliphatic carbocycles. The average molecular weight is 757 g/mol. The number of nitrogens with zero attached hydrogens (tertiary/aromatic N) is 6. The van der Waals surface area contributed by atoms with Crippen LogP contribution in [-0.2, 0) is 29.1 Å². The lowest BCUT2D eigenvalue weighted by Gasteiger charge is -2.37. The molecule has 3 amide bonds. The third-order valence-electron chi connectivity index (χ3n) is 11.0. The van der Waals surface area contributed by atoms with Crippen molar-refractivity contribution in [2.75, 3.05) is 26.2 Å². The predicted octanol–water partition coefficient (Wildman–Crippen LogP) is 4.88. The van der Waals surface area contributed by atoms with Crippen LogP contribution in [0.15, 0.2) is 67.0 Å². The number of Topliss-reactive ketones (excluding diaryl/α,β-unsaturated/α-hetero) is 1. The Labute approximate surface area is 319 Å². The first kappa shape index (κ1) is 38.9. The summed E-state index contributed by atoms with van der Waals surface area (Å²) in [4.78, 5) is 59.0. The van der Waals surface area contributed by atoms with Gasteiger partial charge >= 0.3 is 0 Å². The SMILES string of the molecule is CCn1nccc1C(=O)N[C@H](C(=O)Cc1ccc([C@H](C)[C@@H](NC(=O)c2cnns2)C(=O)N2CCN(Cc3ccccc3)CC2)cc1F)C1CCC(C)CC1. The Morgan fingerprint density at radius 3 is 2.35 bits per heavy atom. The second-order valence-electron chi connectivity index (χ2n) is 14.6. The minimum atomic E-state index is -0.989. The molecule has 2 aliphatic rings. The van der Waals surface area contributed by atoms with Gasteiger partial charge in [0.25, 0.3) is 11.8 Å². The molecule has 2 aromatic heterocycles. The van der Waals surface area contributed by atoms with Crippen molar-refractivity contribution >= 4 is 35.0 Å². The maximum Gasteiger partial charge on any atom is 0.270 e. The summed E-state index contributed by atoms with van der Waals surface area (Å²) >= 11 is 0.929. The number of hydrogen-bond acceptors (Lipinski definition) is 9. The van der Waals surface area contributed by atoms with Crippen molar-refractivity contribution < 1.29 is 23.6 Å². The summed E-state index contributed by atoms with van der Waals surface area (Å²) in [7, 11) is 0. The van der Waals surface area contributed by atoms with E-state index < -0.39 is 29.7 Å². The van der Waals surface area contributed by atoms with Crippen molar-refractivity contribution in [3.8, 4) is 0 Å². The normalized spacial score (nSPS) is 19.4. The first-order chi connectivity index (χ1) is 26.1. The molecule has 3 atom stereocenters. The van der Waals surface area contributed by atoms with Crippen molar-refractivity contribution in [2.45, 2.75) is 84.0 Å². The molecule has 1 aliphatic heterocycles. The number of piperazine rings is 1. The summed E-state index contributed by atoms with van der Waals surface area (Å²) < 4.78 is 21.4. The van der Waals surface area contributed by atoms with E-state index in [1.165, 1.54) is 17.8 Å². The fourth-order valence-corrected chi connectivity index (χ4v) is 8.02. The standard InChI is InChI=1S/C40H49FN8O4S/c1-4-49-33(16-17-43-49)38(51)45-37(29-12-10-26(2)11-13-29)34(50)23-31-15-14-30(22-32(31)41)27(3)36(44-39(52)35-24-42-46-54-35)40(53)48-20-18-47(19-21-48)25-28-8-6-5-7-9-28/h5-9,14-17,22,24,26-27,29,36-37H,4,10-13,18-21,23,25H2,1-3H3,(H,44,52)(H,45,51)/t26?,27-,29?,36+,37-/m0/s1. The topological polar surface area (TPSA) is 142 Å². The van der Waals surface area contributed by atoms with Crippen LogP contribution in [0, 0.1) is 17.7 Å². The van der Waals surface area contributed by atoms with Crippen molar-refractivity contribution in [3.63, 3.8) is 0 Å². The molecular weight excluding hydrogens is 708 g/mol. The molecule has 54 heavy (non-hydrogen) atoms. The lowest BCUT2D eigenvalue weighted by molar-refractivity contribution is -0.135. The van der Waals surface area contributed by atoms with E-state index in [2.05, 4.69) is 49.3 Å². The zero-order chi connectivity index (χ0) is 38.2. The number of nitrogens with one attached hydrogen (secondary N) is 2. The second kappa shape index (κ2) is 18.0. The lowest BCUT2D eigenvalue weighted by atomic mass is 9.77. The zero-order valence-corrected chi connectivity index (χ0v) is 31.9. The van der Waals surface area contributed by atoms with Gasteiger partial charge in [-0.2, -0.15) is 5.10 Å². The second-order valence-corrected chi connectivity index (χ2v) is 15.4. The molecule has 0 bridgehead atoms. The molecule has 3 heterocycles. The van der Waals surface area contributed by atoms with Gasteiger partial charge in [-0.1, -0.05) is 73.6 Å². The monoisotopic (exact) mass is 756 g/mol. The van der Waals surface area contributed by atoms with Gasteiger partial charge in [-0.25, -0.2) is 4.39 Å². The van der Waals surface area contributed by atoms with Gasteiger partial charge < -0.3 is 15.5 Å². The van der Waals surface area contributed by atoms with Gasteiger partial charge in [-0.05, 0) is 72.0 Å². The van der Waals surface area contributed by atoms with E-state index in [1.807, 2.05) is 25.1 Å². The van der Waals surface area contributed by atoms with Gasteiger partial charge in [-0.3, -0.25) is 28.8 Å². The van der Waals surface area contributed by atoms with Crippen molar-refractivity contribution in [1.82, 2.24) is 39.8 Å². The first-order valence-corrected chi connectivity index (χ1v) is 19.7. The summed E-state index contributed by atoms with van der Waals surface area (Å²) in [5, 5.41) is 13.8. The van der Waals surface area contributed by atoms with Gasteiger partial charge in [0.15, 0.2) is 5.78 Å². The molecule has 2 N–H and O–H groups in total. The van der Waals surface area contributed by atoms with Crippen LogP contribution in [0.3, 0.4) is 0 Å². The molecule has 2 fully saturated rings. The number of aromatic nitrogens is 4. The smallest absolute Gasteiger partial charge is 0.270 e. The zero-order valence-electron chi connectivity index (χ0n) is 31.1. The highest BCUT2D eigenvalue weighted by molar-refractivity contribution is 7.07. The summed E-state index contributed by atoms with van der Waals surface area (Å²) in [6, 6.07) is 14.7. The van der Waals surface area contributed by atoms with Gasteiger partial charge in [0.1, 0.15) is 22.4 Å². The number of amides is 3. The molecule has 286 valence electrons. The molecule has 12 nitrogen and oxygen atoms in total. The van der Waals surface area contributed by atoms with Crippen LogP contribution in [0.4, 0.5) is 4.39 Å². The van der Waals surface area contributed by atoms with Crippen LogP contribution in [-0.4, -0.2) is 90.9 Å². The quantitative estimate of drug-likeness (QED) is 0.186. The van der Waals surface area contributed by atoms with E-state index in [0.29, 0.717) is 49.9 Å². The predicted molar refractivity (Wildman–Crippen MR) is 203 cm³/mol. The Morgan fingerprint density at radius 1 is 0.944 bits per heavy atom. The van der Waals surface area contributed by atoms with Crippen LogP contribution in [0.5, 0.6) is 0 Å². The van der Waals surface area contributed by atoms with Crippen LogP contribution in [0.25, 0.3) is 0 Å². The van der Waals surface area contributed by atoms with Crippen LogP contribution >= 0.6 is 11.5 Å². The maximum absolute atomic E-state index is 16.0. The molecule has 14 heteroatoms. The summed E-state index contributed by atoms with van der Waals surface area (Å²) in [5.41, 5.74) is 2.29. The Morgan fingerprint density at radius 2 is 1.69 bits per heavy atom. The van der Waals surface area contributed by atoms with E-state index in [4.69, 9.17) is 0 Å². The molecule has 0 spiro atoms. The number of carbonyl (C=O) groups excluding carboxylic acids is 4. The van der Waals surface area contributed by atoms with E-state index in [-0.39, 0.29) is 40.4 Å². The molecule has 0 unspecified atom stereocenters. The first-order valence-electron chi connectivity index (χ1n) is 18.9. The van der Waals surface area contributed by atoms with Crippen LogP contribution in [0.1, 0.15) is 89.2 Å². The highest BCUT2D eigenvalue weighted by atomic mass is 32.1. The van der Waals surface area contributed by atoms with Crippen molar-refractivity contribution in [2.24, 2.45) is 11.8 Å². The van der Waals surface area contributed by atoms with Gasteiger partial charge in [0, 0.05) is 57.8 Å². The molecule has 4 aromatic rings. The van der Waals surface area contributed by atoms with Crippen LogP contribution in [0.2, 0.25) is 0 Å². The molecule has 1 saturated carbocycles. The fraction of sp³-hybridized carbons (Fsp3) is 0.475. The summed E-state index contributed by atoms with van der Waals surface area (Å²) in [5.74, 6) is -2.06. The number of rotatable bonds is 14. The number of benzene rings is 2. The van der Waals surface area contributed by atoms with Gasteiger partial charge in [0.2, 0.25) is 5.91 Å². The van der Waals surface area contributed by atoms with E-state index in [0.717, 1.165) is 43.8 Å². The van der Waals surface area contributed by atoms with Gasteiger partial charge in [0.05, 0.1) is 12.2 Å². The minimum absolute atomic E-state index is 0.0534. The van der Waals surface area contributed by atoms with Crippen molar-refractivity contribution in [3.05, 3.63) is 100 Å². The number of ketones is 1. The number of carbonyl (C=O) groups is 4. The van der Waals surface area contributed by atoms with E-state index in [1.54, 1.807) is 40.9 Å². The van der Waals surface area contributed by atoms with Crippen molar-refractivity contribution in [1.29, 1.82) is 0 Å². The minimum Gasteiger partial charge on any atom is -0.341 e. The highest BCUT2D eigenvalue weighted by Crippen LogP contribution is 2.32. The lowest BCUT2D eigenvalue weighted by Crippen LogP contribution is -2.56. The Kier molecular flexibility index (Phi) is 13.0. The summed E-state index contributed by atoms with van der Waals surface area (Å²) in [6.07, 6.45) is 6.21.